The van der Waals surface area contributed by atoms with E-state index in [1.807, 2.05) is 0 Å². The number of piperidine rings is 1. The van der Waals surface area contributed by atoms with E-state index in [9.17, 15) is 0 Å². The predicted octanol–water partition coefficient (Wildman–Crippen LogP) is 2.51. The molecule has 2 nitrogen and oxygen atoms in total. The second-order valence-corrected chi connectivity index (χ2v) is 5.88. The van der Waals surface area contributed by atoms with Gasteiger partial charge in [-0.2, -0.15) is 0 Å². The molecule has 98 valence electrons. The van der Waals surface area contributed by atoms with Crippen LogP contribution in [-0.2, 0) is 6.54 Å². The molecule has 18 heavy (non-hydrogen) atoms. The Labute approximate surface area is 110 Å². The number of benzene rings is 1. The third kappa shape index (κ3) is 2.93. The first-order valence-corrected chi connectivity index (χ1v) is 7.39. The van der Waals surface area contributed by atoms with Gasteiger partial charge in [0.15, 0.2) is 0 Å². The first kappa shape index (κ1) is 12.2. The van der Waals surface area contributed by atoms with E-state index in [2.05, 4.69) is 40.5 Å². The van der Waals surface area contributed by atoms with E-state index < -0.39 is 0 Å². The summed E-state index contributed by atoms with van der Waals surface area (Å²) in [4.78, 5) is 2.63. The first-order chi connectivity index (χ1) is 8.92. The van der Waals surface area contributed by atoms with Crippen LogP contribution >= 0.6 is 0 Å². The summed E-state index contributed by atoms with van der Waals surface area (Å²) in [6.45, 7) is 6.22. The van der Waals surface area contributed by atoms with Crippen molar-refractivity contribution in [2.45, 2.75) is 25.8 Å². The van der Waals surface area contributed by atoms with Crippen molar-refractivity contribution in [1.82, 2.24) is 10.2 Å². The third-order valence-corrected chi connectivity index (χ3v) is 4.56. The predicted molar refractivity (Wildman–Crippen MR) is 75.4 cm³/mol. The fourth-order valence-electron chi connectivity index (χ4n) is 3.51. The molecule has 2 saturated heterocycles. The molecule has 2 heteroatoms. The molecule has 1 N–H and O–H groups in total. The van der Waals surface area contributed by atoms with Gasteiger partial charge in [0.25, 0.3) is 0 Å². The van der Waals surface area contributed by atoms with Crippen LogP contribution in [-0.4, -0.2) is 31.1 Å². The molecule has 3 rings (SSSR count). The number of nitrogens with one attached hydrogen (secondary N) is 1. The summed E-state index contributed by atoms with van der Waals surface area (Å²) in [6.07, 6.45) is 4.22. The van der Waals surface area contributed by atoms with Crippen molar-refractivity contribution in [3.8, 4) is 0 Å². The zero-order valence-electron chi connectivity index (χ0n) is 11.1. The first-order valence-electron chi connectivity index (χ1n) is 7.39. The molecule has 0 spiro atoms. The van der Waals surface area contributed by atoms with Gasteiger partial charge in [-0.05, 0) is 56.3 Å². The molecule has 0 aliphatic carbocycles. The summed E-state index contributed by atoms with van der Waals surface area (Å²) < 4.78 is 0. The minimum Gasteiger partial charge on any atom is -0.316 e. The van der Waals surface area contributed by atoms with Gasteiger partial charge in [0.1, 0.15) is 0 Å². The van der Waals surface area contributed by atoms with Gasteiger partial charge in [0.05, 0.1) is 0 Å². The summed E-state index contributed by atoms with van der Waals surface area (Å²) >= 11 is 0. The van der Waals surface area contributed by atoms with Crippen LogP contribution in [0.4, 0.5) is 0 Å². The Balaban J connectivity index is 1.52. The number of rotatable bonds is 3. The van der Waals surface area contributed by atoms with E-state index in [0.717, 1.165) is 18.4 Å². The second-order valence-electron chi connectivity index (χ2n) is 5.88. The summed E-state index contributed by atoms with van der Waals surface area (Å²) in [5, 5.41) is 3.56. The van der Waals surface area contributed by atoms with Gasteiger partial charge < -0.3 is 5.32 Å². The van der Waals surface area contributed by atoms with Crippen molar-refractivity contribution in [2.24, 2.45) is 11.8 Å². The molecular weight excluding hydrogens is 220 g/mol. The molecule has 0 amide bonds. The van der Waals surface area contributed by atoms with Crippen LogP contribution < -0.4 is 5.32 Å². The summed E-state index contributed by atoms with van der Waals surface area (Å²) in [5.74, 6) is 1.86. The van der Waals surface area contributed by atoms with Gasteiger partial charge in [-0.25, -0.2) is 0 Å². The maximum Gasteiger partial charge on any atom is 0.0233 e. The van der Waals surface area contributed by atoms with E-state index in [1.165, 1.54) is 51.0 Å². The fraction of sp³-hybridized carbons (Fsp3) is 0.625. The Morgan fingerprint density at radius 3 is 2.78 bits per heavy atom. The Bertz CT molecular complexity index is 357. The topological polar surface area (TPSA) is 15.3 Å². The highest BCUT2D eigenvalue weighted by atomic mass is 15.1. The van der Waals surface area contributed by atoms with E-state index in [0.29, 0.717) is 0 Å². The zero-order valence-corrected chi connectivity index (χ0v) is 11.1. The third-order valence-electron chi connectivity index (χ3n) is 4.56. The van der Waals surface area contributed by atoms with Gasteiger partial charge in [0, 0.05) is 13.1 Å². The SMILES string of the molecule is c1ccc(CN2CCC([C@H]3CCCNC3)C2)cc1. The Morgan fingerprint density at radius 2 is 2.00 bits per heavy atom. The molecular formula is C16H24N2. The van der Waals surface area contributed by atoms with Crippen LogP contribution in [0.25, 0.3) is 0 Å². The summed E-state index contributed by atoms with van der Waals surface area (Å²) in [5.41, 5.74) is 1.46. The van der Waals surface area contributed by atoms with Crippen LogP contribution in [0.3, 0.4) is 0 Å². The molecule has 2 aliphatic heterocycles. The van der Waals surface area contributed by atoms with Gasteiger partial charge >= 0.3 is 0 Å². The van der Waals surface area contributed by atoms with Crippen molar-refractivity contribution in [3.05, 3.63) is 35.9 Å². The largest absolute Gasteiger partial charge is 0.316 e. The molecule has 2 fully saturated rings. The number of hydrogen-bond acceptors (Lipinski definition) is 2. The van der Waals surface area contributed by atoms with Crippen LogP contribution in [0.15, 0.2) is 30.3 Å². The second kappa shape index (κ2) is 5.85. The molecule has 1 unspecified atom stereocenters. The average molecular weight is 244 g/mol. The van der Waals surface area contributed by atoms with E-state index in [4.69, 9.17) is 0 Å². The van der Waals surface area contributed by atoms with Crippen LogP contribution in [0.1, 0.15) is 24.8 Å². The van der Waals surface area contributed by atoms with Crippen LogP contribution in [0, 0.1) is 11.8 Å². The molecule has 0 aromatic heterocycles. The number of hydrogen-bond donors (Lipinski definition) is 1. The Kier molecular flexibility index (Phi) is 3.96. The molecule has 0 radical (unpaired) electrons. The smallest absolute Gasteiger partial charge is 0.0233 e. The van der Waals surface area contributed by atoms with Crippen molar-refractivity contribution in [3.63, 3.8) is 0 Å². The Morgan fingerprint density at radius 1 is 1.11 bits per heavy atom. The van der Waals surface area contributed by atoms with Crippen molar-refractivity contribution < 1.29 is 0 Å². The highest BCUT2D eigenvalue weighted by molar-refractivity contribution is 5.14. The minimum atomic E-state index is 0.930. The van der Waals surface area contributed by atoms with E-state index in [-0.39, 0.29) is 0 Å². The standard InChI is InChI=1S/C16H24N2/c1-2-5-14(6-3-1)12-18-10-8-16(13-18)15-7-4-9-17-11-15/h1-3,5-6,15-17H,4,7-13H2/t15-,16?/m0/s1. The molecule has 0 bridgehead atoms. The molecule has 2 atom stereocenters. The monoisotopic (exact) mass is 244 g/mol. The number of likely N-dealkylation sites (tertiary alicyclic amines) is 1. The molecule has 1 aromatic rings. The van der Waals surface area contributed by atoms with Crippen molar-refractivity contribution in [1.29, 1.82) is 0 Å². The quantitative estimate of drug-likeness (QED) is 0.879. The normalized spacial score (nSPS) is 29.6. The van der Waals surface area contributed by atoms with Gasteiger partial charge in [0.2, 0.25) is 0 Å². The Hall–Kier alpha value is -0.860. The fourth-order valence-corrected chi connectivity index (χ4v) is 3.51. The maximum absolute atomic E-state index is 3.56. The van der Waals surface area contributed by atoms with Gasteiger partial charge in [-0.1, -0.05) is 30.3 Å². The van der Waals surface area contributed by atoms with E-state index >= 15 is 0 Å². The average Bonchev–Trinajstić information content (AvgIpc) is 2.89. The van der Waals surface area contributed by atoms with Crippen molar-refractivity contribution >= 4 is 0 Å². The minimum absolute atomic E-state index is 0.930. The highest BCUT2D eigenvalue weighted by Crippen LogP contribution is 2.29. The summed E-state index contributed by atoms with van der Waals surface area (Å²) in [7, 11) is 0. The van der Waals surface area contributed by atoms with Crippen LogP contribution in [0.2, 0.25) is 0 Å². The summed E-state index contributed by atoms with van der Waals surface area (Å²) in [6, 6.07) is 10.9. The molecule has 2 heterocycles. The lowest BCUT2D eigenvalue weighted by Gasteiger charge is -2.28. The lowest BCUT2D eigenvalue weighted by atomic mass is 9.86. The highest BCUT2D eigenvalue weighted by Gasteiger charge is 2.29. The van der Waals surface area contributed by atoms with E-state index in [1.54, 1.807) is 0 Å². The van der Waals surface area contributed by atoms with Gasteiger partial charge in [-0.15, -0.1) is 0 Å². The lowest BCUT2D eigenvalue weighted by Crippen LogP contribution is -2.35. The maximum atomic E-state index is 3.56. The number of nitrogens with zero attached hydrogens (tertiary/aromatic N) is 1. The zero-order chi connectivity index (χ0) is 12.2. The van der Waals surface area contributed by atoms with Crippen molar-refractivity contribution in [2.75, 3.05) is 26.2 Å². The lowest BCUT2D eigenvalue weighted by molar-refractivity contribution is 0.246. The molecule has 0 saturated carbocycles. The molecule has 1 aromatic carbocycles. The van der Waals surface area contributed by atoms with Gasteiger partial charge in [-0.3, -0.25) is 4.90 Å². The van der Waals surface area contributed by atoms with Crippen LogP contribution in [0.5, 0.6) is 0 Å². The molecule has 2 aliphatic rings.